The largest absolute Gasteiger partial charge is 0.480 e. The van der Waals surface area contributed by atoms with Crippen molar-refractivity contribution >= 4 is 41.6 Å². The van der Waals surface area contributed by atoms with Gasteiger partial charge < -0.3 is 10.0 Å². The Balaban J connectivity index is 0.00000243. The highest BCUT2D eigenvalue weighted by molar-refractivity contribution is 6.30. The zero-order valence-corrected chi connectivity index (χ0v) is 16.4. The lowest BCUT2D eigenvalue weighted by Gasteiger charge is -2.38. The Morgan fingerprint density at radius 2 is 1.81 bits per heavy atom. The number of halogens is 2. The van der Waals surface area contributed by atoms with Gasteiger partial charge in [0.25, 0.3) is 0 Å². The van der Waals surface area contributed by atoms with Crippen LogP contribution < -0.4 is 4.90 Å². The Morgan fingerprint density at radius 1 is 1.19 bits per heavy atom. The maximum Gasteiger partial charge on any atom is 0.317 e. The van der Waals surface area contributed by atoms with Crippen molar-refractivity contribution in [2.45, 2.75) is 31.3 Å². The van der Waals surface area contributed by atoms with Gasteiger partial charge in [-0.3, -0.25) is 19.4 Å². The molecule has 1 aromatic carbocycles. The summed E-state index contributed by atoms with van der Waals surface area (Å²) in [5.41, 5.74) is 0.896. The van der Waals surface area contributed by atoms with E-state index in [-0.39, 0.29) is 36.9 Å². The van der Waals surface area contributed by atoms with Gasteiger partial charge in [0.1, 0.15) is 0 Å². The number of anilines is 1. The third kappa shape index (κ3) is 4.68. The lowest BCUT2D eigenvalue weighted by molar-refractivity contribution is -0.138. The molecular weight excluding hydrogens is 377 g/mol. The van der Waals surface area contributed by atoms with E-state index in [1.54, 1.807) is 12.1 Å². The van der Waals surface area contributed by atoms with Crippen LogP contribution >= 0.6 is 24.0 Å². The Labute approximate surface area is 165 Å². The van der Waals surface area contributed by atoms with Crippen molar-refractivity contribution in [1.29, 1.82) is 0 Å². The van der Waals surface area contributed by atoms with Gasteiger partial charge in [-0.05, 0) is 50.6 Å². The van der Waals surface area contributed by atoms with Crippen molar-refractivity contribution in [1.82, 2.24) is 9.80 Å². The molecule has 1 N–H and O–H groups in total. The number of nitrogens with zero attached hydrogens (tertiary/aromatic N) is 3. The molecule has 2 aliphatic heterocycles. The van der Waals surface area contributed by atoms with E-state index in [0.29, 0.717) is 5.02 Å². The molecule has 1 unspecified atom stereocenters. The molecule has 26 heavy (non-hydrogen) atoms. The van der Waals surface area contributed by atoms with Gasteiger partial charge in [-0.15, -0.1) is 12.4 Å². The van der Waals surface area contributed by atoms with E-state index >= 15 is 0 Å². The topological polar surface area (TPSA) is 64.1 Å². The van der Waals surface area contributed by atoms with Gasteiger partial charge in [0.2, 0.25) is 5.91 Å². The fraction of sp³-hybridized carbons (Fsp3) is 0.556. The molecular formula is C18H25Cl2N3O3. The quantitative estimate of drug-likeness (QED) is 0.819. The number of carboxylic acids is 1. The lowest BCUT2D eigenvalue weighted by atomic mass is 10.0. The molecule has 6 nitrogen and oxygen atoms in total. The number of hydrogen-bond acceptors (Lipinski definition) is 4. The van der Waals surface area contributed by atoms with Crippen LogP contribution in [0.25, 0.3) is 0 Å². The molecule has 0 aliphatic carbocycles. The molecule has 0 spiro atoms. The molecule has 0 saturated carbocycles. The minimum Gasteiger partial charge on any atom is -0.480 e. The smallest absolute Gasteiger partial charge is 0.317 e. The summed E-state index contributed by atoms with van der Waals surface area (Å²) in [6.45, 7) is 2.46. The molecule has 2 aliphatic rings. The summed E-state index contributed by atoms with van der Waals surface area (Å²) in [6, 6.07) is 7.59. The Bertz CT molecular complexity index is 633. The van der Waals surface area contributed by atoms with Crippen LogP contribution in [-0.4, -0.2) is 72.1 Å². The van der Waals surface area contributed by atoms with Gasteiger partial charge in [0, 0.05) is 36.4 Å². The average molecular weight is 402 g/mol. The molecule has 3 rings (SSSR count). The summed E-state index contributed by atoms with van der Waals surface area (Å²) in [5, 5.41) is 9.58. The van der Waals surface area contributed by atoms with Gasteiger partial charge in [0.15, 0.2) is 0 Å². The first-order valence-corrected chi connectivity index (χ1v) is 9.06. The number of rotatable bonds is 5. The van der Waals surface area contributed by atoms with E-state index in [2.05, 4.69) is 4.90 Å². The fourth-order valence-electron chi connectivity index (χ4n) is 3.86. The van der Waals surface area contributed by atoms with Crippen LogP contribution in [0.1, 0.15) is 19.3 Å². The summed E-state index contributed by atoms with van der Waals surface area (Å²) in [6.07, 6.45) is 2.63. The number of carbonyl (C=O) groups excluding carboxylic acids is 1. The molecule has 0 bridgehead atoms. The molecule has 0 aromatic heterocycles. The van der Waals surface area contributed by atoms with Gasteiger partial charge in [-0.1, -0.05) is 11.6 Å². The second-order valence-electron chi connectivity index (χ2n) is 6.85. The maximum absolute atomic E-state index is 12.8. The van der Waals surface area contributed by atoms with Crippen LogP contribution in [-0.2, 0) is 9.59 Å². The first-order valence-electron chi connectivity index (χ1n) is 8.68. The SMILES string of the molecule is CN(CC(=O)O)C1CCN(C2CCN(c3ccc(Cl)cc3)C2=O)CC1.Cl. The van der Waals surface area contributed by atoms with Gasteiger partial charge in [0.05, 0.1) is 12.6 Å². The number of piperidine rings is 1. The Kier molecular flexibility index (Phi) is 7.29. The number of carboxylic acid groups (broad SMARTS) is 1. The van der Waals surface area contributed by atoms with Crippen molar-refractivity contribution in [3.8, 4) is 0 Å². The molecule has 1 atom stereocenters. The molecule has 0 radical (unpaired) electrons. The first kappa shape index (κ1) is 21.0. The fourth-order valence-corrected chi connectivity index (χ4v) is 3.99. The lowest BCUT2D eigenvalue weighted by Crippen LogP contribution is -2.50. The molecule has 144 valence electrons. The third-order valence-corrected chi connectivity index (χ3v) is 5.52. The van der Waals surface area contributed by atoms with Crippen LogP contribution in [0.3, 0.4) is 0 Å². The summed E-state index contributed by atoms with van der Waals surface area (Å²) < 4.78 is 0. The predicted molar refractivity (Wildman–Crippen MR) is 104 cm³/mol. The van der Waals surface area contributed by atoms with Gasteiger partial charge in [-0.25, -0.2) is 0 Å². The van der Waals surface area contributed by atoms with Crippen LogP contribution in [0.5, 0.6) is 0 Å². The van der Waals surface area contributed by atoms with E-state index in [9.17, 15) is 9.59 Å². The van der Waals surface area contributed by atoms with Crippen LogP contribution in [0.2, 0.25) is 5.02 Å². The van der Waals surface area contributed by atoms with E-state index in [1.807, 2.05) is 29.0 Å². The van der Waals surface area contributed by atoms with Crippen molar-refractivity contribution < 1.29 is 14.7 Å². The highest BCUT2D eigenvalue weighted by Gasteiger charge is 2.38. The van der Waals surface area contributed by atoms with Crippen molar-refractivity contribution in [3.05, 3.63) is 29.3 Å². The summed E-state index contributed by atoms with van der Waals surface area (Å²) in [5.74, 6) is -0.644. The van der Waals surface area contributed by atoms with Crippen LogP contribution in [0.4, 0.5) is 5.69 Å². The Morgan fingerprint density at radius 3 is 2.38 bits per heavy atom. The zero-order valence-electron chi connectivity index (χ0n) is 14.8. The highest BCUT2D eigenvalue weighted by Crippen LogP contribution is 2.28. The highest BCUT2D eigenvalue weighted by atomic mass is 35.5. The molecule has 2 saturated heterocycles. The normalized spacial score (nSPS) is 21.9. The van der Waals surface area contributed by atoms with Crippen molar-refractivity contribution in [2.24, 2.45) is 0 Å². The maximum atomic E-state index is 12.8. The second-order valence-corrected chi connectivity index (χ2v) is 7.28. The Hall–Kier alpha value is -1.34. The molecule has 2 fully saturated rings. The number of aliphatic carboxylic acids is 1. The predicted octanol–water partition coefficient (Wildman–Crippen LogP) is 2.35. The number of likely N-dealkylation sites (tertiary alicyclic amines) is 1. The standard InChI is InChI=1S/C18H24ClN3O3.ClH/c1-20(12-17(23)24)14-6-9-21(10-7-14)16-8-11-22(18(16)25)15-4-2-13(19)3-5-15;/h2-5,14,16H,6-12H2,1H3,(H,23,24);1H. The van der Waals surface area contributed by atoms with Crippen molar-refractivity contribution in [2.75, 3.05) is 38.1 Å². The first-order chi connectivity index (χ1) is 12.0. The van der Waals surface area contributed by atoms with E-state index in [0.717, 1.165) is 44.6 Å². The van der Waals surface area contributed by atoms with Crippen LogP contribution in [0.15, 0.2) is 24.3 Å². The minimum atomic E-state index is -0.797. The van der Waals surface area contributed by atoms with E-state index < -0.39 is 5.97 Å². The van der Waals surface area contributed by atoms with E-state index in [1.165, 1.54) is 0 Å². The molecule has 1 aromatic rings. The number of amides is 1. The molecule has 1 amide bonds. The number of hydrogen-bond donors (Lipinski definition) is 1. The van der Waals surface area contributed by atoms with Gasteiger partial charge in [-0.2, -0.15) is 0 Å². The summed E-state index contributed by atoms with van der Waals surface area (Å²) >= 11 is 5.92. The average Bonchev–Trinajstić information content (AvgIpc) is 2.97. The van der Waals surface area contributed by atoms with Crippen LogP contribution in [0, 0.1) is 0 Å². The minimum absolute atomic E-state index is 0. The molecule has 2 heterocycles. The third-order valence-electron chi connectivity index (χ3n) is 5.26. The zero-order chi connectivity index (χ0) is 18.0. The van der Waals surface area contributed by atoms with Gasteiger partial charge >= 0.3 is 5.97 Å². The monoisotopic (exact) mass is 401 g/mol. The summed E-state index contributed by atoms with van der Waals surface area (Å²) in [7, 11) is 1.86. The second kappa shape index (κ2) is 9.04. The number of benzene rings is 1. The molecule has 8 heteroatoms. The van der Waals surface area contributed by atoms with Crippen molar-refractivity contribution in [3.63, 3.8) is 0 Å². The van der Waals surface area contributed by atoms with E-state index in [4.69, 9.17) is 16.7 Å². The number of likely N-dealkylation sites (N-methyl/N-ethyl adjacent to an activating group) is 1. The summed E-state index contributed by atoms with van der Waals surface area (Å²) in [4.78, 5) is 29.7. The number of carbonyl (C=O) groups is 2.